The zero-order chi connectivity index (χ0) is 17.5. The fourth-order valence-electron chi connectivity index (χ4n) is 1.95. The molecule has 1 heterocycles. The van der Waals surface area contributed by atoms with Crippen molar-refractivity contribution in [1.29, 1.82) is 0 Å². The molecule has 2 aromatic rings. The lowest BCUT2D eigenvalue weighted by atomic mass is 10.2. The average Bonchev–Trinajstić information content (AvgIpc) is 3.13. The topological polar surface area (TPSA) is 83.1 Å². The van der Waals surface area contributed by atoms with E-state index in [1.54, 1.807) is 29.0 Å². The Morgan fingerprint density at radius 1 is 1.08 bits per heavy atom. The van der Waals surface area contributed by atoms with Crippen molar-refractivity contribution in [2.75, 3.05) is 33.3 Å². The molecule has 1 aromatic heterocycles. The summed E-state index contributed by atoms with van der Waals surface area (Å²) < 4.78 is 20.6. The van der Waals surface area contributed by atoms with Gasteiger partial charge in [-0.15, -0.1) is 0 Å². The van der Waals surface area contributed by atoms with E-state index in [0.717, 1.165) is 0 Å². The van der Waals surface area contributed by atoms with E-state index in [2.05, 4.69) is 5.32 Å². The molecule has 0 unspecified atom stereocenters. The van der Waals surface area contributed by atoms with Gasteiger partial charge in [0.1, 0.15) is 0 Å². The van der Waals surface area contributed by atoms with Gasteiger partial charge in [0.15, 0.2) is 18.1 Å². The molecule has 0 aliphatic rings. The Hall–Kier alpha value is -2.74. The normalized spacial score (nSPS) is 9.96. The molecule has 0 atom stereocenters. The predicted molar refractivity (Wildman–Crippen MR) is 89.3 cm³/mol. The lowest BCUT2D eigenvalue weighted by molar-refractivity contribution is -0.119. The summed E-state index contributed by atoms with van der Waals surface area (Å²) in [5, 5.41) is 6.02. The number of ether oxygens (including phenoxy) is 4. The van der Waals surface area contributed by atoms with E-state index in [1.165, 1.54) is 32.7 Å². The maximum Gasteiger partial charge on any atom is 0.339 e. The second-order valence-electron chi connectivity index (χ2n) is 4.55. The van der Waals surface area contributed by atoms with Crippen molar-refractivity contribution in [3.05, 3.63) is 34.5 Å². The molecule has 0 aliphatic carbocycles. The minimum Gasteiger partial charge on any atom is -0.493 e. The van der Waals surface area contributed by atoms with E-state index in [4.69, 9.17) is 18.9 Å². The molecular formula is C16H17NO6S. The van der Waals surface area contributed by atoms with Crippen molar-refractivity contribution in [3.63, 3.8) is 0 Å². The molecule has 0 saturated carbocycles. The summed E-state index contributed by atoms with van der Waals surface area (Å²) in [7, 11) is 4.44. The third-order valence-electron chi connectivity index (χ3n) is 3.04. The number of esters is 1. The smallest absolute Gasteiger partial charge is 0.339 e. The Balaban J connectivity index is 2.02. The fourth-order valence-corrected chi connectivity index (χ4v) is 2.57. The molecule has 0 saturated heterocycles. The molecule has 0 radical (unpaired) electrons. The van der Waals surface area contributed by atoms with Gasteiger partial charge in [-0.2, -0.15) is 11.3 Å². The van der Waals surface area contributed by atoms with Crippen molar-refractivity contribution in [3.8, 4) is 17.2 Å². The minimum atomic E-state index is -0.545. The first-order chi connectivity index (χ1) is 11.6. The highest BCUT2D eigenvalue weighted by Gasteiger charge is 2.15. The molecule has 0 spiro atoms. The number of rotatable bonds is 7. The third kappa shape index (κ3) is 4.17. The molecule has 7 nitrogen and oxygen atoms in total. The van der Waals surface area contributed by atoms with E-state index in [-0.39, 0.29) is 0 Å². The number of carbonyl (C=O) groups excluding carboxylic acids is 2. The predicted octanol–water partition coefficient (Wildman–Crippen LogP) is 2.57. The van der Waals surface area contributed by atoms with Crippen LogP contribution in [0, 0.1) is 0 Å². The number of methoxy groups -OCH3 is 3. The van der Waals surface area contributed by atoms with Crippen molar-refractivity contribution >= 4 is 28.9 Å². The van der Waals surface area contributed by atoms with Crippen LogP contribution in [0.25, 0.3) is 0 Å². The van der Waals surface area contributed by atoms with Crippen LogP contribution in [0.4, 0.5) is 5.69 Å². The molecule has 1 N–H and O–H groups in total. The number of thiophene rings is 1. The zero-order valence-electron chi connectivity index (χ0n) is 13.5. The molecule has 0 aliphatic heterocycles. The summed E-state index contributed by atoms with van der Waals surface area (Å²) in [4.78, 5) is 23.6. The molecule has 24 heavy (non-hydrogen) atoms. The first-order valence-electron chi connectivity index (χ1n) is 6.88. The van der Waals surface area contributed by atoms with Crippen molar-refractivity contribution in [1.82, 2.24) is 0 Å². The van der Waals surface area contributed by atoms with Crippen LogP contribution in [-0.2, 0) is 9.53 Å². The van der Waals surface area contributed by atoms with Crippen molar-refractivity contribution in [2.45, 2.75) is 0 Å². The lowest BCUT2D eigenvalue weighted by Crippen LogP contribution is -2.20. The monoisotopic (exact) mass is 351 g/mol. The van der Waals surface area contributed by atoms with Gasteiger partial charge in [0.25, 0.3) is 5.91 Å². The van der Waals surface area contributed by atoms with Crippen molar-refractivity contribution in [2.24, 2.45) is 0 Å². The molecule has 0 bridgehead atoms. The van der Waals surface area contributed by atoms with Gasteiger partial charge < -0.3 is 24.3 Å². The highest BCUT2D eigenvalue weighted by atomic mass is 32.1. The maximum absolute atomic E-state index is 11.9. The molecule has 8 heteroatoms. The number of carbonyl (C=O) groups is 2. The first kappa shape index (κ1) is 17.6. The number of amides is 1. The van der Waals surface area contributed by atoms with Crippen LogP contribution in [0.15, 0.2) is 29.0 Å². The van der Waals surface area contributed by atoms with Gasteiger partial charge in [-0.05, 0) is 11.4 Å². The lowest BCUT2D eigenvalue weighted by Gasteiger charge is -2.14. The summed E-state index contributed by atoms with van der Waals surface area (Å²) >= 11 is 1.38. The van der Waals surface area contributed by atoms with Gasteiger partial charge in [0.05, 0.1) is 26.9 Å². The van der Waals surface area contributed by atoms with Gasteiger partial charge in [-0.1, -0.05) is 0 Å². The number of anilines is 1. The molecular weight excluding hydrogens is 334 g/mol. The molecule has 0 fully saturated rings. The van der Waals surface area contributed by atoms with Gasteiger partial charge in [-0.25, -0.2) is 4.79 Å². The number of benzene rings is 1. The van der Waals surface area contributed by atoms with Gasteiger partial charge in [-0.3, -0.25) is 4.79 Å². The molecule has 1 aromatic carbocycles. The Morgan fingerprint density at radius 3 is 2.25 bits per heavy atom. The van der Waals surface area contributed by atoms with Crippen LogP contribution in [0.2, 0.25) is 0 Å². The third-order valence-corrected chi connectivity index (χ3v) is 3.72. The van der Waals surface area contributed by atoms with Crippen LogP contribution in [0.1, 0.15) is 10.4 Å². The van der Waals surface area contributed by atoms with Crippen LogP contribution >= 0.6 is 11.3 Å². The Bertz CT molecular complexity index is 688. The summed E-state index contributed by atoms with van der Waals surface area (Å²) in [5.41, 5.74) is 0.849. The largest absolute Gasteiger partial charge is 0.493 e. The highest BCUT2D eigenvalue weighted by Crippen LogP contribution is 2.39. The first-order valence-corrected chi connectivity index (χ1v) is 7.82. The van der Waals surface area contributed by atoms with E-state index < -0.39 is 18.5 Å². The Labute approximate surface area is 143 Å². The molecule has 128 valence electrons. The van der Waals surface area contributed by atoms with Crippen LogP contribution in [0.3, 0.4) is 0 Å². The van der Waals surface area contributed by atoms with E-state index >= 15 is 0 Å². The second-order valence-corrected chi connectivity index (χ2v) is 5.33. The average molecular weight is 351 g/mol. The SMILES string of the molecule is COc1cc(NC(=O)COC(=O)c2ccsc2)cc(OC)c1OC. The van der Waals surface area contributed by atoms with Crippen molar-refractivity contribution < 1.29 is 28.5 Å². The molecule has 1 amide bonds. The van der Waals surface area contributed by atoms with E-state index in [0.29, 0.717) is 28.5 Å². The van der Waals surface area contributed by atoms with E-state index in [1.807, 2.05) is 0 Å². The number of hydrogen-bond acceptors (Lipinski definition) is 7. The number of hydrogen-bond donors (Lipinski definition) is 1. The molecule has 2 rings (SSSR count). The van der Waals surface area contributed by atoms with Gasteiger partial charge in [0, 0.05) is 23.2 Å². The minimum absolute atomic E-state index is 0.397. The van der Waals surface area contributed by atoms with Crippen LogP contribution < -0.4 is 19.5 Å². The maximum atomic E-state index is 11.9. The highest BCUT2D eigenvalue weighted by molar-refractivity contribution is 7.08. The summed E-state index contributed by atoms with van der Waals surface area (Å²) in [6, 6.07) is 4.80. The summed E-state index contributed by atoms with van der Waals surface area (Å²) in [6.45, 7) is -0.397. The van der Waals surface area contributed by atoms with Crippen LogP contribution in [-0.4, -0.2) is 39.8 Å². The quantitative estimate of drug-likeness (QED) is 0.772. The second kappa shape index (κ2) is 8.21. The Kier molecular flexibility index (Phi) is 6.02. The fraction of sp³-hybridized carbons (Fsp3) is 0.250. The van der Waals surface area contributed by atoms with Crippen LogP contribution in [0.5, 0.6) is 17.2 Å². The number of nitrogens with one attached hydrogen (secondary N) is 1. The zero-order valence-corrected chi connectivity index (χ0v) is 14.3. The van der Waals surface area contributed by atoms with Gasteiger partial charge >= 0.3 is 5.97 Å². The summed E-state index contributed by atoms with van der Waals surface area (Å²) in [5.74, 6) is 0.205. The van der Waals surface area contributed by atoms with E-state index in [9.17, 15) is 9.59 Å². The standard InChI is InChI=1S/C16H17NO6S/c1-20-12-6-11(7-13(21-2)15(12)22-3)17-14(18)8-23-16(19)10-4-5-24-9-10/h4-7,9H,8H2,1-3H3,(H,17,18). The van der Waals surface area contributed by atoms with Gasteiger partial charge in [0.2, 0.25) is 5.75 Å². The summed E-state index contributed by atoms with van der Waals surface area (Å²) in [6.07, 6.45) is 0. The Morgan fingerprint density at radius 2 is 1.75 bits per heavy atom.